The van der Waals surface area contributed by atoms with Crippen molar-refractivity contribution < 1.29 is 14.3 Å². The summed E-state index contributed by atoms with van der Waals surface area (Å²) in [7, 11) is 0. The fraction of sp³-hybridized carbons (Fsp3) is 0.500. The summed E-state index contributed by atoms with van der Waals surface area (Å²) in [5.74, 6) is 0.714. The molecular formula is C14H18N2O3. The normalized spacial score (nSPS) is 24.9. The number of aromatic nitrogens is 1. The van der Waals surface area contributed by atoms with E-state index in [0.29, 0.717) is 31.6 Å². The van der Waals surface area contributed by atoms with Gasteiger partial charge in [0.15, 0.2) is 5.58 Å². The predicted octanol–water partition coefficient (Wildman–Crippen LogP) is 1.41. The topological polar surface area (TPSA) is 58.7 Å². The number of aliphatic hydroxyl groups excluding tert-OH is 1. The minimum Gasteiger partial charge on any atom is -0.439 e. The molecule has 2 unspecified atom stereocenters. The van der Waals surface area contributed by atoms with Gasteiger partial charge in [-0.15, -0.1) is 0 Å². The van der Waals surface area contributed by atoms with Crippen LogP contribution in [-0.2, 0) is 11.3 Å². The molecular weight excluding hydrogens is 244 g/mol. The standard InChI is InChI=1S/C14H18N2O3/c1-10-9-18-11(8-17)6-16(10)7-14-15-12-4-2-3-5-13(12)19-14/h2-5,10-11,17H,6-9H2,1H3. The molecule has 5 heteroatoms. The quantitative estimate of drug-likeness (QED) is 0.906. The lowest BCUT2D eigenvalue weighted by Gasteiger charge is -2.36. The first-order chi connectivity index (χ1) is 9.26. The number of oxazole rings is 1. The van der Waals surface area contributed by atoms with Crippen molar-refractivity contribution in [3.05, 3.63) is 30.2 Å². The van der Waals surface area contributed by atoms with Gasteiger partial charge >= 0.3 is 0 Å². The predicted molar refractivity (Wildman–Crippen MR) is 70.7 cm³/mol. The maximum absolute atomic E-state index is 9.18. The number of aliphatic hydroxyl groups is 1. The van der Waals surface area contributed by atoms with Crippen LogP contribution in [0.15, 0.2) is 28.7 Å². The van der Waals surface area contributed by atoms with Crippen molar-refractivity contribution >= 4 is 11.1 Å². The van der Waals surface area contributed by atoms with Crippen molar-refractivity contribution in [2.24, 2.45) is 0 Å². The van der Waals surface area contributed by atoms with E-state index in [4.69, 9.17) is 9.15 Å². The first kappa shape index (κ1) is 12.6. The molecule has 0 aliphatic carbocycles. The van der Waals surface area contributed by atoms with Gasteiger partial charge in [-0.25, -0.2) is 4.98 Å². The SMILES string of the molecule is CC1COC(CO)CN1Cc1nc2ccccc2o1. The van der Waals surface area contributed by atoms with Crippen molar-refractivity contribution in [1.29, 1.82) is 0 Å². The van der Waals surface area contributed by atoms with E-state index in [0.717, 1.165) is 11.1 Å². The zero-order valence-corrected chi connectivity index (χ0v) is 11.0. The van der Waals surface area contributed by atoms with E-state index in [9.17, 15) is 5.11 Å². The fourth-order valence-electron chi connectivity index (χ4n) is 2.37. The number of rotatable bonds is 3. The molecule has 5 nitrogen and oxygen atoms in total. The average molecular weight is 262 g/mol. The van der Waals surface area contributed by atoms with E-state index < -0.39 is 0 Å². The summed E-state index contributed by atoms with van der Waals surface area (Å²) in [6.07, 6.45) is -0.111. The van der Waals surface area contributed by atoms with Gasteiger partial charge in [-0.05, 0) is 19.1 Å². The Labute approximate surface area is 111 Å². The smallest absolute Gasteiger partial charge is 0.209 e. The van der Waals surface area contributed by atoms with Crippen LogP contribution in [-0.4, -0.2) is 46.9 Å². The molecule has 1 saturated heterocycles. The van der Waals surface area contributed by atoms with Crippen LogP contribution in [0.1, 0.15) is 12.8 Å². The Bertz CT molecular complexity index is 521. The highest BCUT2D eigenvalue weighted by molar-refractivity contribution is 5.72. The minimum atomic E-state index is -0.111. The molecule has 0 saturated carbocycles. The highest BCUT2D eigenvalue weighted by atomic mass is 16.5. The van der Waals surface area contributed by atoms with Gasteiger partial charge in [-0.2, -0.15) is 0 Å². The maximum atomic E-state index is 9.18. The third-order valence-electron chi connectivity index (χ3n) is 3.51. The van der Waals surface area contributed by atoms with Crippen molar-refractivity contribution in [2.75, 3.05) is 19.8 Å². The summed E-state index contributed by atoms with van der Waals surface area (Å²) in [4.78, 5) is 6.71. The van der Waals surface area contributed by atoms with Gasteiger partial charge in [0, 0.05) is 12.6 Å². The number of hydrogen-bond acceptors (Lipinski definition) is 5. The van der Waals surface area contributed by atoms with E-state index in [1.807, 2.05) is 24.3 Å². The van der Waals surface area contributed by atoms with Gasteiger partial charge in [0.25, 0.3) is 0 Å². The number of nitrogens with zero attached hydrogens (tertiary/aromatic N) is 2. The highest BCUT2D eigenvalue weighted by Crippen LogP contribution is 2.19. The van der Waals surface area contributed by atoms with E-state index >= 15 is 0 Å². The second kappa shape index (κ2) is 5.28. The number of benzene rings is 1. The molecule has 0 spiro atoms. The van der Waals surface area contributed by atoms with Crippen LogP contribution in [0.3, 0.4) is 0 Å². The van der Waals surface area contributed by atoms with Gasteiger partial charge < -0.3 is 14.3 Å². The summed E-state index contributed by atoms with van der Waals surface area (Å²) in [5.41, 5.74) is 1.70. The molecule has 1 aliphatic rings. The Hall–Kier alpha value is -1.43. The van der Waals surface area contributed by atoms with Gasteiger partial charge in [-0.3, -0.25) is 4.90 Å². The molecule has 1 aromatic heterocycles. The van der Waals surface area contributed by atoms with Crippen LogP contribution in [0.2, 0.25) is 0 Å². The summed E-state index contributed by atoms with van der Waals surface area (Å²) in [6.45, 7) is 4.14. The molecule has 1 aromatic carbocycles. The zero-order chi connectivity index (χ0) is 13.2. The van der Waals surface area contributed by atoms with E-state index in [1.165, 1.54) is 0 Å². The van der Waals surface area contributed by atoms with E-state index in [2.05, 4.69) is 16.8 Å². The molecule has 0 bridgehead atoms. The second-order valence-corrected chi connectivity index (χ2v) is 4.99. The molecule has 102 valence electrons. The number of hydrogen-bond donors (Lipinski definition) is 1. The molecule has 0 amide bonds. The maximum Gasteiger partial charge on any atom is 0.209 e. The Morgan fingerprint density at radius 1 is 1.42 bits per heavy atom. The van der Waals surface area contributed by atoms with Gasteiger partial charge in [-0.1, -0.05) is 12.1 Å². The van der Waals surface area contributed by atoms with Crippen LogP contribution >= 0.6 is 0 Å². The Morgan fingerprint density at radius 2 is 2.26 bits per heavy atom. The summed E-state index contributed by atoms with van der Waals surface area (Å²) >= 11 is 0. The Balaban J connectivity index is 1.75. The Morgan fingerprint density at radius 3 is 3.05 bits per heavy atom. The molecule has 2 aromatic rings. The largest absolute Gasteiger partial charge is 0.439 e. The molecule has 1 fully saturated rings. The van der Waals surface area contributed by atoms with Gasteiger partial charge in [0.05, 0.1) is 25.9 Å². The molecule has 2 atom stereocenters. The summed E-state index contributed by atoms with van der Waals surface area (Å²) < 4.78 is 11.3. The van der Waals surface area contributed by atoms with Crippen molar-refractivity contribution in [3.8, 4) is 0 Å². The van der Waals surface area contributed by atoms with Crippen LogP contribution in [0.5, 0.6) is 0 Å². The van der Waals surface area contributed by atoms with Crippen LogP contribution in [0, 0.1) is 0 Å². The minimum absolute atomic E-state index is 0.0524. The molecule has 0 radical (unpaired) electrons. The number of fused-ring (bicyclic) bond motifs is 1. The van der Waals surface area contributed by atoms with Crippen LogP contribution in [0.25, 0.3) is 11.1 Å². The third kappa shape index (κ3) is 2.63. The average Bonchev–Trinajstić information content (AvgIpc) is 2.83. The molecule has 19 heavy (non-hydrogen) atoms. The monoisotopic (exact) mass is 262 g/mol. The Kier molecular flexibility index (Phi) is 3.50. The van der Waals surface area contributed by atoms with Gasteiger partial charge in [0.1, 0.15) is 5.52 Å². The number of para-hydroxylation sites is 2. The summed E-state index contributed by atoms with van der Waals surface area (Å²) in [6, 6.07) is 8.06. The van der Waals surface area contributed by atoms with Crippen molar-refractivity contribution in [3.63, 3.8) is 0 Å². The lowest BCUT2D eigenvalue weighted by molar-refractivity contribution is -0.0823. The first-order valence-corrected chi connectivity index (χ1v) is 6.57. The van der Waals surface area contributed by atoms with Crippen molar-refractivity contribution in [1.82, 2.24) is 9.88 Å². The second-order valence-electron chi connectivity index (χ2n) is 4.99. The molecule has 1 aliphatic heterocycles. The lowest BCUT2D eigenvalue weighted by atomic mass is 10.2. The molecule has 3 rings (SSSR count). The molecule has 1 N–H and O–H groups in total. The van der Waals surface area contributed by atoms with Crippen LogP contribution in [0.4, 0.5) is 0 Å². The van der Waals surface area contributed by atoms with Gasteiger partial charge in [0.2, 0.25) is 5.89 Å². The number of ether oxygens (including phenoxy) is 1. The van der Waals surface area contributed by atoms with E-state index in [1.54, 1.807) is 0 Å². The third-order valence-corrected chi connectivity index (χ3v) is 3.51. The fourth-order valence-corrected chi connectivity index (χ4v) is 2.37. The number of morpholine rings is 1. The molecule has 2 heterocycles. The highest BCUT2D eigenvalue weighted by Gasteiger charge is 2.26. The summed E-state index contributed by atoms with van der Waals surface area (Å²) in [5, 5.41) is 9.18. The van der Waals surface area contributed by atoms with E-state index in [-0.39, 0.29) is 12.7 Å². The lowest BCUT2D eigenvalue weighted by Crippen LogP contribution is -2.48. The van der Waals surface area contributed by atoms with Crippen LogP contribution < -0.4 is 0 Å². The first-order valence-electron chi connectivity index (χ1n) is 6.57. The zero-order valence-electron chi connectivity index (χ0n) is 11.0. The van der Waals surface area contributed by atoms with Crippen molar-refractivity contribution in [2.45, 2.75) is 25.6 Å².